The normalized spacial score (nSPS) is 17.3. The highest BCUT2D eigenvalue weighted by atomic mass is 16.5. The number of allylic oxidation sites excluding steroid dienone is 9. The first-order chi connectivity index (χ1) is 27.0. The Morgan fingerprint density at radius 1 is 0.727 bits per heavy atom. The van der Waals surface area contributed by atoms with Crippen LogP contribution in [0.5, 0.6) is 5.75 Å². The van der Waals surface area contributed by atoms with Crippen molar-refractivity contribution in [3.8, 4) is 39.1 Å². The highest BCUT2D eigenvalue weighted by Crippen LogP contribution is 2.33. The number of benzene rings is 6. The highest BCUT2D eigenvalue weighted by molar-refractivity contribution is 5.89. The smallest absolute Gasteiger partial charge is 0.138 e. The molecular weight excluding hydrogens is 669 g/mol. The maximum atomic E-state index is 6.44. The molecule has 0 saturated heterocycles. The van der Waals surface area contributed by atoms with Crippen LogP contribution >= 0.6 is 0 Å². The SMILES string of the molecule is C=C1/C=c2/oc3ccc(-c4cccc(-c5ccc6ccccc6c5)c4)cc3/c2=C/Cc2cc(-c3cccc(C(=C/CC)/C=C4/C=CC=CC4C)c3)ccc2O1. The van der Waals surface area contributed by atoms with Gasteiger partial charge in [-0.2, -0.15) is 0 Å². The van der Waals surface area contributed by atoms with Gasteiger partial charge in [0.15, 0.2) is 0 Å². The average molecular weight is 711 g/mol. The van der Waals surface area contributed by atoms with Crippen molar-refractivity contribution in [1.29, 1.82) is 0 Å². The van der Waals surface area contributed by atoms with Crippen molar-refractivity contribution >= 4 is 39.5 Å². The number of fused-ring (bicyclic) bond motifs is 5. The summed E-state index contributed by atoms with van der Waals surface area (Å²) in [5.41, 5.74) is 13.5. The van der Waals surface area contributed by atoms with E-state index in [1.54, 1.807) is 0 Å². The molecule has 1 aliphatic heterocycles. The first-order valence-electron chi connectivity index (χ1n) is 19.2. The zero-order valence-corrected chi connectivity index (χ0v) is 31.3. The molecule has 2 heterocycles. The summed E-state index contributed by atoms with van der Waals surface area (Å²) in [4.78, 5) is 0. The standard InChI is InChI=1S/C53H42O2/c1-4-11-39(29-38-14-6-5-12-35(38)2)41-16-9-18-43(31-41)46-23-26-51-48(33-46)22-25-49-50-34-47(24-27-52(50)55-53(49)28-36(3)54-51)44-19-10-17-42(32-44)45-21-20-37-13-7-8-15-40(37)30-45/h5-21,23-35H,3-4,22H2,1-2H3/b38-29-,39-11+,49-25-,53-28+. The highest BCUT2D eigenvalue weighted by Gasteiger charge is 2.14. The molecule has 9 rings (SSSR count). The van der Waals surface area contributed by atoms with Crippen molar-refractivity contribution in [1.82, 2.24) is 0 Å². The minimum absolute atomic E-state index is 0.390. The summed E-state index contributed by atoms with van der Waals surface area (Å²) in [6, 6.07) is 45.8. The van der Waals surface area contributed by atoms with Crippen LogP contribution in [0, 0.1) is 5.92 Å². The number of furan rings is 1. The van der Waals surface area contributed by atoms with Crippen LogP contribution in [-0.4, -0.2) is 0 Å². The van der Waals surface area contributed by atoms with Crippen LogP contribution in [0.3, 0.4) is 0 Å². The maximum absolute atomic E-state index is 6.44. The summed E-state index contributed by atoms with van der Waals surface area (Å²) < 4.78 is 12.8. The van der Waals surface area contributed by atoms with Gasteiger partial charge >= 0.3 is 0 Å². The molecule has 0 fully saturated rings. The molecule has 0 bridgehead atoms. The van der Waals surface area contributed by atoms with Gasteiger partial charge in [0.25, 0.3) is 0 Å². The summed E-state index contributed by atoms with van der Waals surface area (Å²) >= 11 is 0. The lowest BCUT2D eigenvalue weighted by Gasteiger charge is -2.15. The van der Waals surface area contributed by atoms with E-state index in [1.165, 1.54) is 44.2 Å². The van der Waals surface area contributed by atoms with Crippen LogP contribution in [0.4, 0.5) is 0 Å². The molecule has 0 amide bonds. The molecule has 7 aromatic rings. The largest absolute Gasteiger partial charge is 0.458 e. The molecule has 55 heavy (non-hydrogen) atoms. The second-order valence-corrected chi connectivity index (χ2v) is 14.5. The second kappa shape index (κ2) is 14.6. The molecule has 2 nitrogen and oxygen atoms in total. The quantitative estimate of drug-likeness (QED) is 0.171. The molecule has 1 atom stereocenters. The summed E-state index contributed by atoms with van der Waals surface area (Å²) in [5.74, 6) is 1.74. The first kappa shape index (κ1) is 34.1. The summed E-state index contributed by atoms with van der Waals surface area (Å²) in [6.45, 7) is 8.70. The Hall–Kier alpha value is -6.64. The van der Waals surface area contributed by atoms with Gasteiger partial charge in [0.05, 0.1) is 0 Å². The molecule has 1 unspecified atom stereocenters. The van der Waals surface area contributed by atoms with E-state index in [4.69, 9.17) is 9.15 Å². The van der Waals surface area contributed by atoms with E-state index in [0.717, 1.165) is 56.0 Å². The topological polar surface area (TPSA) is 22.4 Å². The predicted octanol–water partition coefficient (Wildman–Crippen LogP) is 12.8. The van der Waals surface area contributed by atoms with Gasteiger partial charge in [0.1, 0.15) is 22.5 Å². The maximum Gasteiger partial charge on any atom is 0.138 e. The molecule has 2 aliphatic rings. The van der Waals surface area contributed by atoms with E-state index in [-0.39, 0.29) is 0 Å². The fourth-order valence-electron chi connectivity index (χ4n) is 7.81. The summed E-state index contributed by atoms with van der Waals surface area (Å²) in [7, 11) is 0. The number of ether oxygens (including phenoxy) is 1. The van der Waals surface area contributed by atoms with Crippen molar-refractivity contribution in [3.63, 3.8) is 0 Å². The van der Waals surface area contributed by atoms with Crippen molar-refractivity contribution in [2.45, 2.75) is 26.7 Å². The second-order valence-electron chi connectivity index (χ2n) is 14.5. The van der Waals surface area contributed by atoms with Crippen molar-refractivity contribution in [3.05, 3.63) is 204 Å². The molecule has 6 aromatic carbocycles. The van der Waals surface area contributed by atoms with Crippen LogP contribution in [0.15, 0.2) is 186 Å². The third-order valence-corrected chi connectivity index (χ3v) is 10.8. The molecule has 0 radical (unpaired) electrons. The minimum atomic E-state index is 0.390. The van der Waals surface area contributed by atoms with Gasteiger partial charge in [-0.15, -0.1) is 0 Å². The number of hydrogen-bond donors (Lipinski definition) is 0. The predicted molar refractivity (Wildman–Crippen MR) is 232 cm³/mol. The Kier molecular flexibility index (Phi) is 9.09. The van der Waals surface area contributed by atoms with Gasteiger partial charge in [-0.25, -0.2) is 0 Å². The molecule has 0 spiro atoms. The van der Waals surface area contributed by atoms with E-state index < -0.39 is 0 Å². The van der Waals surface area contributed by atoms with Gasteiger partial charge in [0.2, 0.25) is 0 Å². The lowest BCUT2D eigenvalue weighted by atomic mass is 9.91. The van der Waals surface area contributed by atoms with Gasteiger partial charge in [-0.1, -0.05) is 148 Å². The van der Waals surface area contributed by atoms with Crippen LogP contribution in [-0.2, 0) is 6.42 Å². The third-order valence-electron chi connectivity index (χ3n) is 10.8. The van der Waals surface area contributed by atoms with Crippen molar-refractivity contribution in [2.24, 2.45) is 5.92 Å². The lowest BCUT2D eigenvalue weighted by molar-refractivity contribution is 0.448. The Labute approximate surface area is 322 Å². The number of rotatable bonds is 6. The molecule has 0 saturated carbocycles. The lowest BCUT2D eigenvalue weighted by Crippen LogP contribution is -2.20. The van der Waals surface area contributed by atoms with Gasteiger partial charge in [-0.3, -0.25) is 0 Å². The average Bonchev–Trinajstić information content (AvgIpc) is 3.58. The molecular formula is C53H42O2. The third kappa shape index (κ3) is 6.96. The zero-order chi connectivity index (χ0) is 37.3. The first-order valence-corrected chi connectivity index (χ1v) is 19.2. The minimum Gasteiger partial charge on any atom is -0.458 e. The Morgan fingerprint density at radius 2 is 1.45 bits per heavy atom. The van der Waals surface area contributed by atoms with Crippen LogP contribution in [0.1, 0.15) is 31.4 Å². The van der Waals surface area contributed by atoms with Crippen LogP contribution < -0.4 is 15.4 Å². The van der Waals surface area contributed by atoms with Gasteiger partial charge in [-0.05, 0) is 128 Å². The van der Waals surface area contributed by atoms with E-state index in [1.807, 2.05) is 6.08 Å². The fraction of sp³-hybridized carbons (Fsp3) is 0.0943. The molecule has 0 N–H and O–H groups in total. The Bertz CT molecular complexity index is 2890. The number of hydrogen-bond acceptors (Lipinski definition) is 2. The molecule has 1 aliphatic carbocycles. The van der Waals surface area contributed by atoms with E-state index >= 15 is 0 Å². The Balaban J connectivity index is 1.06. The van der Waals surface area contributed by atoms with Gasteiger partial charge < -0.3 is 9.15 Å². The van der Waals surface area contributed by atoms with Crippen molar-refractivity contribution < 1.29 is 9.15 Å². The van der Waals surface area contributed by atoms with Gasteiger partial charge in [0, 0.05) is 16.7 Å². The van der Waals surface area contributed by atoms with E-state index in [9.17, 15) is 0 Å². The molecule has 2 heteroatoms. The molecule has 1 aromatic heterocycles. The van der Waals surface area contributed by atoms with E-state index in [0.29, 0.717) is 18.1 Å². The van der Waals surface area contributed by atoms with Crippen LogP contribution in [0.25, 0.3) is 72.8 Å². The van der Waals surface area contributed by atoms with E-state index in [2.05, 4.69) is 190 Å². The van der Waals surface area contributed by atoms with Crippen molar-refractivity contribution in [2.75, 3.05) is 0 Å². The fourth-order valence-corrected chi connectivity index (χ4v) is 7.81. The molecule has 266 valence electrons. The Morgan fingerprint density at radius 3 is 2.29 bits per heavy atom. The summed E-state index contributed by atoms with van der Waals surface area (Å²) in [6.07, 6.45) is 19.2. The van der Waals surface area contributed by atoms with Crippen LogP contribution in [0.2, 0.25) is 0 Å². The zero-order valence-electron chi connectivity index (χ0n) is 31.3. The summed E-state index contributed by atoms with van der Waals surface area (Å²) in [5, 5.41) is 4.61. The monoisotopic (exact) mass is 710 g/mol.